The molecule has 0 aliphatic carbocycles. The molecule has 98 valence electrons. The first-order valence-electron chi connectivity index (χ1n) is 5.72. The van der Waals surface area contributed by atoms with E-state index in [1.807, 2.05) is 25.1 Å². The second-order valence-electron chi connectivity index (χ2n) is 4.26. The van der Waals surface area contributed by atoms with E-state index in [4.69, 9.17) is 5.11 Å². The fraction of sp³-hybridized carbons (Fsp3) is 0.385. The molecule has 1 rings (SSSR count). The van der Waals surface area contributed by atoms with Crippen LogP contribution in [0.1, 0.15) is 6.42 Å². The average Bonchev–Trinajstić information content (AvgIpc) is 2.34. The molecule has 0 bridgehead atoms. The van der Waals surface area contributed by atoms with Gasteiger partial charge in [0.25, 0.3) is 0 Å². The summed E-state index contributed by atoms with van der Waals surface area (Å²) >= 11 is 0. The minimum absolute atomic E-state index is 0.183. The lowest BCUT2D eigenvalue weighted by Crippen LogP contribution is -2.37. The Morgan fingerprint density at radius 3 is 2.28 bits per heavy atom. The fourth-order valence-corrected chi connectivity index (χ4v) is 1.52. The monoisotopic (exact) mass is 250 g/mol. The molecule has 18 heavy (non-hydrogen) atoms. The number of carboxylic acids is 1. The first-order chi connectivity index (χ1) is 8.50. The molecule has 0 unspecified atom stereocenters. The topological polar surface area (TPSA) is 60.9 Å². The number of nitrogens with zero attached hydrogens (tertiary/aromatic N) is 2. The summed E-state index contributed by atoms with van der Waals surface area (Å²) in [5.74, 6) is -1.20. The summed E-state index contributed by atoms with van der Waals surface area (Å²) in [6.07, 6.45) is 0.301. The largest absolute Gasteiger partial charge is 0.480 e. The van der Waals surface area contributed by atoms with Crippen LogP contribution in [0.15, 0.2) is 30.3 Å². The summed E-state index contributed by atoms with van der Waals surface area (Å²) in [5, 5.41) is 8.87. The fourth-order valence-electron chi connectivity index (χ4n) is 1.52. The minimum Gasteiger partial charge on any atom is -0.480 e. The van der Waals surface area contributed by atoms with E-state index in [1.54, 1.807) is 24.3 Å². The molecule has 0 saturated carbocycles. The van der Waals surface area contributed by atoms with Gasteiger partial charge in [-0.3, -0.25) is 9.59 Å². The zero-order valence-electron chi connectivity index (χ0n) is 10.7. The van der Waals surface area contributed by atoms with E-state index in [9.17, 15) is 9.59 Å². The molecule has 1 amide bonds. The van der Waals surface area contributed by atoms with Crippen molar-refractivity contribution in [3.8, 4) is 0 Å². The maximum Gasteiger partial charge on any atom is 0.323 e. The van der Waals surface area contributed by atoms with Crippen LogP contribution in [0.4, 0.5) is 5.69 Å². The third-order valence-electron chi connectivity index (χ3n) is 2.44. The molecule has 0 fully saturated rings. The average molecular weight is 250 g/mol. The van der Waals surface area contributed by atoms with Gasteiger partial charge < -0.3 is 14.9 Å². The minimum atomic E-state index is -1.02. The highest BCUT2D eigenvalue weighted by Gasteiger charge is 2.18. The SMILES string of the molecule is CN(C)CCC(=O)N(CC(=O)O)c1ccccc1. The van der Waals surface area contributed by atoms with Gasteiger partial charge in [-0.05, 0) is 26.2 Å². The van der Waals surface area contributed by atoms with Gasteiger partial charge in [-0.1, -0.05) is 18.2 Å². The second kappa shape index (κ2) is 6.76. The smallest absolute Gasteiger partial charge is 0.323 e. The van der Waals surface area contributed by atoms with Crippen LogP contribution < -0.4 is 4.90 Å². The molecule has 0 saturated heterocycles. The van der Waals surface area contributed by atoms with Crippen molar-refractivity contribution >= 4 is 17.6 Å². The number of hydrogen-bond donors (Lipinski definition) is 1. The zero-order valence-corrected chi connectivity index (χ0v) is 10.7. The molecule has 0 radical (unpaired) electrons. The van der Waals surface area contributed by atoms with Gasteiger partial charge in [0.2, 0.25) is 5.91 Å². The maximum absolute atomic E-state index is 12.0. The van der Waals surface area contributed by atoms with Crippen molar-refractivity contribution in [2.75, 3.05) is 32.1 Å². The van der Waals surface area contributed by atoms with Crippen LogP contribution in [0, 0.1) is 0 Å². The first kappa shape index (κ1) is 14.2. The highest BCUT2D eigenvalue weighted by molar-refractivity contribution is 5.97. The van der Waals surface area contributed by atoms with Crippen molar-refractivity contribution in [2.45, 2.75) is 6.42 Å². The van der Waals surface area contributed by atoms with E-state index >= 15 is 0 Å². The van der Waals surface area contributed by atoms with Crippen molar-refractivity contribution in [2.24, 2.45) is 0 Å². The number of benzene rings is 1. The van der Waals surface area contributed by atoms with Gasteiger partial charge in [0.15, 0.2) is 0 Å². The Hall–Kier alpha value is -1.88. The quantitative estimate of drug-likeness (QED) is 0.820. The molecule has 0 aliphatic heterocycles. The number of aliphatic carboxylic acids is 1. The van der Waals surface area contributed by atoms with Crippen LogP contribution in [0.5, 0.6) is 0 Å². The molecule has 1 aromatic rings. The molecule has 5 nitrogen and oxygen atoms in total. The molecule has 0 aromatic heterocycles. The number of rotatable bonds is 6. The lowest BCUT2D eigenvalue weighted by atomic mass is 10.2. The molecule has 0 spiro atoms. The molecule has 0 aliphatic rings. The predicted molar refractivity (Wildman–Crippen MR) is 69.6 cm³/mol. The summed E-state index contributed by atoms with van der Waals surface area (Å²) in [4.78, 5) is 26.0. The zero-order chi connectivity index (χ0) is 13.5. The van der Waals surface area contributed by atoms with Crippen LogP contribution in [0.25, 0.3) is 0 Å². The number of carboxylic acid groups (broad SMARTS) is 1. The van der Waals surface area contributed by atoms with Crippen molar-refractivity contribution < 1.29 is 14.7 Å². The highest BCUT2D eigenvalue weighted by atomic mass is 16.4. The van der Waals surface area contributed by atoms with E-state index in [0.717, 1.165) is 0 Å². The van der Waals surface area contributed by atoms with Crippen molar-refractivity contribution in [1.29, 1.82) is 0 Å². The van der Waals surface area contributed by atoms with E-state index in [0.29, 0.717) is 18.7 Å². The molecular weight excluding hydrogens is 232 g/mol. The van der Waals surface area contributed by atoms with Crippen LogP contribution in [-0.4, -0.2) is 49.1 Å². The molecule has 0 heterocycles. The standard InChI is InChI=1S/C13H18N2O3/c1-14(2)9-8-12(16)15(10-13(17)18)11-6-4-3-5-7-11/h3-7H,8-10H2,1-2H3,(H,17,18). The Bertz CT molecular complexity index is 404. The summed E-state index contributed by atoms with van der Waals surface area (Å²) < 4.78 is 0. The molecule has 0 atom stereocenters. The van der Waals surface area contributed by atoms with Crippen LogP contribution >= 0.6 is 0 Å². The van der Waals surface area contributed by atoms with Gasteiger partial charge in [-0.15, -0.1) is 0 Å². The number of carbonyl (C=O) groups is 2. The summed E-state index contributed by atoms with van der Waals surface area (Å²) in [6.45, 7) is 0.290. The Morgan fingerprint density at radius 2 is 1.78 bits per heavy atom. The normalized spacial score (nSPS) is 10.4. The van der Waals surface area contributed by atoms with E-state index in [-0.39, 0.29) is 12.5 Å². The first-order valence-corrected chi connectivity index (χ1v) is 5.72. The molecule has 5 heteroatoms. The van der Waals surface area contributed by atoms with Gasteiger partial charge in [0.05, 0.1) is 0 Å². The molecular formula is C13H18N2O3. The van der Waals surface area contributed by atoms with E-state index < -0.39 is 5.97 Å². The third kappa shape index (κ3) is 4.55. The van der Waals surface area contributed by atoms with Crippen LogP contribution in [-0.2, 0) is 9.59 Å². The summed E-state index contributed by atoms with van der Waals surface area (Å²) in [6, 6.07) is 8.85. The lowest BCUT2D eigenvalue weighted by Gasteiger charge is -2.21. The number of para-hydroxylation sites is 1. The summed E-state index contributed by atoms with van der Waals surface area (Å²) in [7, 11) is 3.74. The lowest BCUT2D eigenvalue weighted by molar-refractivity contribution is -0.136. The Kier molecular flexibility index (Phi) is 5.32. The highest BCUT2D eigenvalue weighted by Crippen LogP contribution is 2.14. The van der Waals surface area contributed by atoms with Crippen LogP contribution in [0.3, 0.4) is 0 Å². The van der Waals surface area contributed by atoms with Gasteiger partial charge in [-0.2, -0.15) is 0 Å². The second-order valence-corrected chi connectivity index (χ2v) is 4.26. The van der Waals surface area contributed by atoms with Gasteiger partial charge in [-0.25, -0.2) is 0 Å². The number of carbonyl (C=O) groups excluding carboxylic acids is 1. The predicted octanol–water partition coefficient (Wildman–Crippen LogP) is 1.06. The number of anilines is 1. The Morgan fingerprint density at radius 1 is 1.17 bits per heavy atom. The van der Waals surface area contributed by atoms with Crippen molar-refractivity contribution in [1.82, 2.24) is 4.90 Å². The van der Waals surface area contributed by atoms with E-state index in [2.05, 4.69) is 0 Å². The molecule has 1 aromatic carbocycles. The Labute approximate surface area is 107 Å². The molecule has 1 N–H and O–H groups in total. The van der Waals surface area contributed by atoms with Crippen molar-refractivity contribution in [3.05, 3.63) is 30.3 Å². The van der Waals surface area contributed by atoms with Gasteiger partial charge >= 0.3 is 5.97 Å². The number of hydrogen-bond acceptors (Lipinski definition) is 3. The van der Waals surface area contributed by atoms with Gasteiger partial charge in [0, 0.05) is 18.7 Å². The Balaban J connectivity index is 2.78. The summed E-state index contributed by atoms with van der Waals surface area (Å²) in [5.41, 5.74) is 0.614. The third-order valence-corrected chi connectivity index (χ3v) is 2.44. The number of amides is 1. The van der Waals surface area contributed by atoms with E-state index in [1.165, 1.54) is 4.90 Å². The van der Waals surface area contributed by atoms with Gasteiger partial charge in [0.1, 0.15) is 6.54 Å². The van der Waals surface area contributed by atoms with Crippen LogP contribution in [0.2, 0.25) is 0 Å². The maximum atomic E-state index is 12.0. The van der Waals surface area contributed by atoms with Crippen molar-refractivity contribution in [3.63, 3.8) is 0 Å².